The van der Waals surface area contributed by atoms with Crippen molar-refractivity contribution in [3.63, 3.8) is 0 Å². The lowest BCUT2D eigenvalue weighted by Crippen LogP contribution is -2.45. The third-order valence-corrected chi connectivity index (χ3v) is 15.3. The van der Waals surface area contributed by atoms with Crippen molar-refractivity contribution in [1.82, 2.24) is 5.32 Å². The Balaban J connectivity index is 3.36. The van der Waals surface area contributed by atoms with Crippen molar-refractivity contribution in [1.29, 1.82) is 0 Å². The second kappa shape index (κ2) is 61.1. The summed E-state index contributed by atoms with van der Waals surface area (Å²) in [6, 6.07) is -0.625. The van der Waals surface area contributed by atoms with Crippen LogP contribution in [0.2, 0.25) is 0 Å². The van der Waals surface area contributed by atoms with Gasteiger partial charge in [0.2, 0.25) is 5.91 Å². The highest BCUT2D eigenvalue weighted by Gasteiger charge is 2.18. The molecule has 0 saturated carbocycles. The van der Waals surface area contributed by atoms with Crippen molar-refractivity contribution in [2.75, 3.05) is 13.2 Å². The van der Waals surface area contributed by atoms with Gasteiger partial charge < -0.3 is 20.3 Å². The maximum Gasteiger partial charge on any atom is 0.305 e. The highest BCUT2D eigenvalue weighted by atomic mass is 16.5. The Labute approximate surface area is 444 Å². The van der Waals surface area contributed by atoms with Gasteiger partial charge >= 0.3 is 5.97 Å². The summed E-state index contributed by atoms with van der Waals surface area (Å²) in [4.78, 5) is 24.5. The zero-order valence-corrected chi connectivity index (χ0v) is 48.2. The first-order valence-electron chi connectivity index (χ1n) is 32.5. The van der Waals surface area contributed by atoms with E-state index in [-0.39, 0.29) is 18.5 Å². The zero-order valence-electron chi connectivity index (χ0n) is 48.2. The molecule has 0 aliphatic heterocycles. The van der Waals surface area contributed by atoms with Crippen molar-refractivity contribution in [3.05, 3.63) is 12.2 Å². The molecule has 0 fully saturated rings. The molecule has 6 nitrogen and oxygen atoms in total. The van der Waals surface area contributed by atoms with Gasteiger partial charge in [0.1, 0.15) is 0 Å². The number of allylic oxidation sites excluding steroid dienone is 1. The van der Waals surface area contributed by atoms with Crippen molar-refractivity contribution in [2.45, 2.75) is 379 Å². The van der Waals surface area contributed by atoms with Crippen LogP contribution in [0.1, 0.15) is 367 Å². The molecule has 0 heterocycles. The molecule has 0 bridgehead atoms. The molecule has 2 atom stereocenters. The summed E-state index contributed by atoms with van der Waals surface area (Å²) < 4.78 is 5.47. The average Bonchev–Trinajstić information content (AvgIpc) is 3.37. The molecule has 0 rings (SSSR count). The Morgan fingerprint density at radius 2 is 0.648 bits per heavy atom. The fraction of sp³-hybridized carbons (Fsp3) is 0.938. The monoisotopic (exact) mass is 1000 g/mol. The number of rotatable bonds is 61. The van der Waals surface area contributed by atoms with Crippen LogP contribution >= 0.6 is 0 Å². The average molecular weight is 1000 g/mol. The summed E-state index contributed by atoms with van der Waals surface area (Å²) in [5.41, 5.74) is 0. The third-order valence-electron chi connectivity index (χ3n) is 15.3. The lowest BCUT2D eigenvalue weighted by atomic mass is 10.0. The third kappa shape index (κ3) is 57.7. The van der Waals surface area contributed by atoms with Crippen LogP contribution < -0.4 is 5.32 Å². The topological polar surface area (TPSA) is 95.9 Å². The van der Waals surface area contributed by atoms with Crippen LogP contribution in [0.15, 0.2) is 12.2 Å². The number of nitrogens with one attached hydrogen (secondary N) is 1. The van der Waals surface area contributed by atoms with Crippen LogP contribution in [0.5, 0.6) is 0 Å². The van der Waals surface area contributed by atoms with Crippen LogP contribution in [0, 0.1) is 0 Å². The van der Waals surface area contributed by atoms with E-state index < -0.39 is 12.1 Å². The van der Waals surface area contributed by atoms with E-state index in [1.54, 1.807) is 6.08 Å². The number of esters is 1. The number of unbranched alkanes of at least 4 members (excludes halogenated alkanes) is 50. The van der Waals surface area contributed by atoms with Gasteiger partial charge in [-0.1, -0.05) is 334 Å². The second-order valence-corrected chi connectivity index (χ2v) is 22.5. The zero-order chi connectivity index (χ0) is 51.4. The van der Waals surface area contributed by atoms with Crippen molar-refractivity contribution < 1.29 is 24.5 Å². The molecule has 6 heteroatoms. The predicted molar refractivity (Wildman–Crippen MR) is 310 cm³/mol. The van der Waals surface area contributed by atoms with Gasteiger partial charge in [-0.3, -0.25) is 9.59 Å². The van der Waals surface area contributed by atoms with Crippen molar-refractivity contribution in [3.8, 4) is 0 Å². The summed E-state index contributed by atoms with van der Waals surface area (Å²) in [6.07, 6.45) is 74.1. The minimum Gasteiger partial charge on any atom is -0.466 e. The quantitative estimate of drug-likeness (QED) is 0.0320. The predicted octanol–water partition coefficient (Wildman–Crippen LogP) is 20.4. The number of ether oxygens (including phenoxy) is 1. The van der Waals surface area contributed by atoms with Gasteiger partial charge in [-0.05, 0) is 32.1 Å². The molecule has 3 N–H and O–H groups in total. The largest absolute Gasteiger partial charge is 0.466 e. The molecule has 0 aromatic carbocycles. The number of aliphatic hydroxyl groups is 2. The van der Waals surface area contributed by atoms with E-state index in [1.807, 2.05) is 6.08 Å². The first-order valence-corrected chi connectivity index (χ1v) is 32.5. The minimum absolute atomic E-state index is 0.0180. The maximum atomic E-state index is 12.5. The molecule has 0 aromatic rings. The van der Waals surface area contributed by atoms with E-state index in [0.717, 1.165) is 38.5 Å². The normalized spacial score (nSPS) is 12.6. The van der Waals surface area contributed by atoms with E-state index in [2.05, 4.69) is 19.2 Å². The van der Waals surface area contributed by atoms with Crippen LogP contribution in [0.4, 0.5) is 0 Å². The Bertz CT molecular complexity index is 1060. The summed E-state index contributed by atoms with van der Waals surface area (Å²) in [7, 11) is 0. The number of aliphatic hydroxyl groups excluding tert-OH is 2. The molecule has 0 aliphatic carbocycles. The smallest absolute Gasteiger partial charge is 0.305 e. The molecular formula is C65H127NO5. The van der Waals surface area contributed by atoms with Gasteiger partial charge in [0.05, 0.1) is 25.4 Å². The highest BCUT2D eigenvalue weighted by molar-refractivity contribution is 5.76. The van der Waals surface area contributed by atoms with Gasteiger partial charge in [-0.25, -0.2) is 0 Å². The standard InChI is InChI=1S/C65H127NO5/c1-3-5-7-9-11-13-15-16-17-31-34-38-41-45-49-53-57-63(68)62(61-67)66-64(69)58-54-50-46-42-39-35-32-29-27-25-23-21-19-18-20-22-24-26-28-30-33-36-40-44-48-52-56-60-71-65(70)59-55-51-47-43-37-14-12-10-8-6-4-2/h53,57,62-63,67-68H,3-52,54-56,58-61H2,1-2H3,(H,66,69)/b57-53+. The molecule has 0 radical (unpaired) electrons. The Hall–Kier alpha value is -1.40. The first-order chi connectivity index (χ1) is 35.0. The van der Waals surface area contributed by atoms with E-state index in [9.17, 15) is 19.8 Å². The first kappa shape index (κ1) is 69.6. The Morgan fingerprint density at radius 1 is 0.380 bits per heavy atom. The van der Waals surface area contributed by atoms with Crippen molar-refractivity contribution >= 4 is 11.9 Å². The minimum atomic E-state index is -0.841. The molecule has 0 aliphatic rings. The molecule has 2 unspecified atom stereocenters. The van der Waals surface area contributed by atoms with E-state index in [0.29, 0.717) is 19.4 Å². The molecule has 0 aromatic heterocycles. The molecule has 71 heavy (non-hydrogen) atoms. The molecular weight excluding hydrogens is 875 g/mol. The fourth-order valence-corrected chi connectivity index (χ4v) is 10.3. The second-order valence-electron chi connectivity index (χ2n) is 22.5. The lowest BCUT2D eigenvalue weighted by molar-refractivity contribution is -0.143. The number of hydrogen-bond acceptors (Lipinski definition) is 5. The van der Waals surface area contributed by atoms with Crippen LogP contribution in [-0.4, -0.2) is 47.4 Å². The molecule has 0 spiro atoms. The van der Waals surface area contributed by atoms with E-state index in [1.165, 1.54) is 302 Å². The van der Waals surface area contributed by atoms with Crippen LogP contribution in [0.3, 0.4) is 0 Å². The van der Waals surface area contributed by atoms with Gasteiger partial charge in [0.25, 0.3) is 0 Å². The number of hydrogen-bond donors (Lipinski definition) is 3. The highest BCUT2D eigenvalue weighted by Crippen LogP contribution is 2.18. The molecule has 1 amide bonds. The Kier molecular flexibility index (Phi) is 59.9. The lowest BCUT2D eigenvalue weighted by Gasteiger charge is -2.20. The Morgan fingerprint density at radius 3 is 0.958 bits per heavy atom. The van der Waals surface area contributed by atoms with Crippen LogP contribution in [0.25, 0.3) is 0 Å². The summed E-state index contributed by atoms with van der Waals surface area (Å²) in [6.45, 7) is 4.93. The molecule has 422 valence electrons. The van der Waals surface area contributed by atoms with Crippen molar-refractivity contribution in [2.24, 2.45) is 0 Å². The van der Waals surface area contributed by atoms with Crippen LogP contribution in [-0.2, 0) is 14.3 Å². The summed E-state index contributed by atoms with van der Waals surface area (Å²) >= 11 is 0. The van der Waals surface area contributed by atoms with E-state index >= 15 is 0 Å². The number of carbonyl (C=O) groups is 2. The van der Waals surface area contributed by atoms with Gasteiger partial charge in [0, 0.05) is 12.8 Å². The fourth-order valence-electron chi connectivity index (χ4n) is 10.3. The van der Waals surface area contributed by atoms with Gasteiger partial charge in [-0.15, -0.1) is 0 Å². The summed E-state index contributed by atoms with van der Waals surface area (Å²) in [5, 5.41) is 23.2. The van der Waals surface area contributed by atoms with E-state index in [4.69, 9.17) is 4.74 Å². The molecule has 0 saturated heterocycles. The number of amides is 1. The number of carbonyl (C=O) groups excluding carboxylic acids is 2. The summed E-state index contributed by atoms with van der Waals surface area (Å²) in [5.74, 6) is -0.0444. The SMILES string of the molecule is CCCCCCCCCCCCCCCC/C=C/C(O)C(CO)NC(=O)CCCCCCCCCCCCCCCCCCCCCCCCCCCCCOC(=O)CCCCCCCCCCCCC. The van der Waals surface area contributed by atoms with Gasteiger partial charge in [-0.2, -0.15) is 0 Å². The van der Waals surface area contributed by atoms with Gasteiger partial charge in [0.15, 0.2) is 0 Å². The maximum absolute atomic E-state index is 12.5.